The number of rotatable bonds is 3. The van der Waals surface area contributed by atoms with Crippen LogP contribution in [0.25, 0.3) is 16.8 Å². The van der Waals surface area contributed by atoms with Crippen LogP contribution in [0, 0.1) is 11.6 Å². The minimum atomic E-state index is -1.22. The van der Waals surface area contributed by atoms with E-state index in [0.717, 1.165) is 33.7 Å². The van der Waals surface area contributed by atoms with Crippen LogP contribution >= 0.6 is 0 Å². The number of hydrogen-bond acceptors (Lipinski definition) is 4. The molecule has 7 nitrogen and oxygen atoms in total. The van der Waals surface area contributed by atoms with Gasteiger partial charge in [0.15, 0.2) is 0 Å². The molecule has 0 aliphatic heterocycles. The predicted octanol–water partition coefficient (Wildman–Crippen LogP) is 0.921. The number of nitrogens with zero attached hydrogens (tertiary/aromatic N) is 4. The molecule has 0 atom stereocenters. The third-order valence-corrected chi connectivity index (χ3v) is 2.93. The first-order valence-electron chi connectivity index (χ1n) is 6.08. The van der Waals surface area contributed by atoms with Gasteiger partial charge in [0.1, 0.15) is 30.0 Å². The molecule has 22 heavy (non-hydrogen) atoms. The molecule has 2 aromatic heterocycles. The molecule has 0 saturated carbocycles. The average molecular weight is 306 g/mol. The van der Waals surface area contributed by atoms with Gasteiger partial charge in [-0.15, -0.1) is 0 Å². The lowest BCUT2D eigenvalue weighted by molar-refractivity contribution is -0.138. The van der Waals surface area contributed by atoms with E-state index in [1.807, 2.05) is 0 Å². The number of fused-ring (bicyclic) bond motifs is 1. The summed E-state index contributed by atoms with van der Waals surface area (Å²) in [5.74, 6) is -2.76. The van der Waals surface area contributed by atoms with E-state index in [1.165, 1.54) is 6.07 Å². The molecule has 0 radical (unpaired) electrons. The van der Waals surface area contributed by atoms with E-state index in [1.54, 1.807) is 0 Å². The summed E-state index contributed by atoms with van der Waals surface area (Å²) in [6.45, 7) is -0.593. The molecular weight excluding hydrogens is 298 g/mol. The number of aromatic nitrogens is 4. The van der Waals surface area contributed by atoms with Gasteiger partial charge >= 0.3 is 5.97 Å². The van der Waals surface area contributed by atoms with Crippen LogP contribution in [0.4, 0.5) is 8.78 Å². The van der Waals surface area contributed by atoms with Crippen molar-refractivity contribution in [2.45, 2.75) is 6.54 Å². The largest absolute Gasteiger partial charge is 0.480 e. The van der Waals surface area contributed by atoms with Gasteiger partial charge < -0.3 is 5.11 Å². The monoisotopic (exact) mass is 306 g/mol. The molecule has 1 N–H and O–H groups in total. The van der Waals surface area contributed by atoms with Gasteiger partial charge in [0.05, 0.1) is 5.69 Å². The van der Waals surface area contributed by atoms with Crippen LogP contribution in [0.5, 0.6) is 0 Å². The molecule has 0 aliphatic rings. The zero-order chi connectivity index (χ0) is 15.9. The number of carboxylic acid groups (broad SMARTS) is 1. The van der Waals surface area contributed by atoms with Crippen molar-refractivity contribution in [3.05, 3.63) is 52.6 Å². The lowest BCUT2D eigenvalue weighted by atomic mass is 10.1. The topological polar surface area (TPSA) is 89.5 Å². The fraction of sp³-hybridized carbons (Fsp3) is 0.0769. The number of hydrogen-bond donors (Lipinski definition) is 1. The third-order valence-electron chi connectivity index (χ3n) is 2.93. The van der Waals surface area contributed by atoms with Crippen LogP contribution < -0.4 is 5.56 Å². The standard InChI is InChI=1S/C13H8F2N4O3/c14-8-1-7(2-9(15)3-8)10-4-11-13(22)18(5-12(20)21)16-6-19(11)17-10/h1-4,6H,5H2,(H,20,21). The second kappa shape index (κ2) is 5.02. The first-order chi connectivity index (χ1) is 10.4. The predicted molar refractivity (Wildman–Crippen MR) is 70.2 cm³/mol. The zero-order valence-corrected chi connectivity index (χ0v) is 10.9. The number of halogens is 2. The van der Waals surface area contributed by atoms with Crippen LogP contribution in [0.2, 0.25) is 0 Å². The number of carboxylic acids is 1. The van der Waals surface area contributed by atoms with Crippen molar-refractivity contribution in [1.29, 1.82) is 0 Å². The maximum Gasteiger partial charge on any atom is 0.325 e. The summed E-state index contributed by atoms with van der Waals surface area (Å²) >= 11 is 0. The molecule has 0 spiro atoms. The molecule has 0 aliphatic carbocycles. The molecule has 2 heterocycles. The molecule has 0 bridgehead atoms. The van der Waals surface area contributed by atoms with E-state index in [4.69, 9.17) is 5.11 Å². The van der Waals surface area contributed by atoms with Gasteiger partial charge in [-0.25, -0.2) is 18.0 Å². The average Bonchev–Trinajstić information content (AvgIpc) is 2.85. The van der Waals surface area contributed by atoms with Gasteiger partial charge in [0.2, 0.25) is 0 Å². The Kier molecular flexibility index (Phi) is 3.17. The molecular formula is C13H8F2N4O3. The Labute approximate surface area is 121 Å². The Morgan fingerprint density at radius 3 is 2.50 bits per heavy atom. The summed E-state index contributed by atoms with van der Waals surface area (Å²) in [5, 5.41) is 16.4. The summed E-state index contributed by atoms with van der Waals surface area (Å²) in [6, 6.07) is 4.19. The van der Waals surface area contributed by atoms with E-state index >= 15 is 0 Å². The molecule has 9 heteroatoms. The fourth-order valence-electron chi connectivity index (χ4n) is 2.02. The Morgan fingerprint density at radius 1 is 1.18 bits per heavy atom. The summed E-state index contributed by atoms with van der Waals surface area (Å²) in [6.07, 6.45) is 1.15. The molecule has 3 rings (SSSR count). The van der Waals surface area contributed by atoms with Crippen LogP contribution in [-0.4, -0.2) is 30.5 Å². The van der Waals surface area contributed by atoms with Gasteiger partial charge in [-0.05, 0) is 18.2 Å². The highest BCUT2D eigenvalue weighted by Gasteiger charge is 2.12. The van der Waals surface area contributed by atoms with Gasteiger partial charge in [0, 0.05) is 11.6 Å². The van der Waals surface area contributed by atoms with Crippen molar-refractivity contribution < 1.29 is 18.7 Å². The molecule has 0 unspecified atom stereocenters. The molecule has 0 amide bonds. The second-order valence-electron chi connectivity index (χ2n) is 4.50. The number of benzene rings is 1. The normalized spacial score (nSPS) is 11.0. The Bertz CT molecular complexity index is 928. The van der Waals surface area contributed by atoms with Crippen molar-refractivity contribution in [3.8, 4) is 11.3 Å². The number of aliphatic carboxylic acids is 1. The Morgan fingerprint density at radius 2 is 1.86 bits per heavy atom. The molecule has 112 valence electrons. The maximum absolute atomic E-state index is 13.2. The van der Waals surface area contributed by atoms with E-state index in [9.17, 15) is 18.4 Å². The molecule has 0 fully saturated rings. The molecule has 0 saturated heterocycles. The first kappa shape index (κ1) is 13.9. The lowest BCUT2D eigenvalue weighted by Crippen LogP contribution is -2.27. The highest BCUT2D eigenvalue weighted by molar-refractivity contribution is 5.67. The second-order valence-corrected chi connectivity index (χ2v) is 4.50. The Hall–Kier alpha value is -3.10. The van der Waals surface area contributed by atoms with Crippen LogP contribution in [-0.2, 0) is 11.3 Å². The van der Waals surface area contributed by atoms with Crippen LogP contribution in [0.3, 0.4) is 0 Å². The van der Waals surface area contributed by atoms with Crippen molar-refractivity contribution in [2.24, 2.45) is 0 Å². The maximum atomic E-state index is 13.2. The summed E-state index contributed by atoms with van der Waals surface area (Å²) in [7, 11) is 0. The third kappa shape index (κ3) is 2.43. The lowest BCUT2D eigenvalue weighted by Gasteiger charge is -1.99. The summed E-state index contributed by atoms with van der Waals surface area (Å²) < 4.78 is 28.4. The zero-order valence-electron chi connectivity index (χ0n) is 10.9. The highest BCUT2D eigenvalue weighted by Crippen LogP contribution is 2.20. The van der Waals surface area contributed by atoms with Gasteiger partial charge in [-0.2, -0.15) is 10.2 Å². The van der Waals surface area contributed by atoms with Crippen molar-refractivity contribution >= 4 is 11.5 Å². The molecule has 3 aromatic rings. The summed E-state index contributed by atoms with van der Waals surface area (Å²) in [5.41, 5.74) is -0.285. The summed E-state index contributed by atoms with van der Waals surface area (Å²) in [4.78, 5) is 22.7. The number of carbonyl (C=O) groups is 1. The fourth-order valence-corrected chi connectivity index (χ4v) is 2.02. The smallest absolute Gasteiger partial charge is 0.325 e. The van der Waals surface area contributed by atoms with E-state index in [2.05, 4.69) is 10.2 Å². The van der Waals surface area contributed by atoms with Gasteiger partial charge in [-0.1, -0.05) is 0 Å². The minimum absolute atomic E-state index is 0.0518. The van der Waals surface area contributed by atoms with Crippen molar-refractivity contribution in [2.75, 3.05) is 0 Å². The van der Waals surface area contributed by atoms with E-state index in [0.29, 0.717) is 0 Å². The first-order valence-corrected chi connectivity index (χ1v) is 6.08. The van der Waals surface area contributed by atoms with Gasteiger partial charge in [0.25, 0.3) is 5.56 Å². The van der Waals surface area contributed by atoms with E-state index < -0.39 is 29.7 Å². The van der Waals surface area contributed by atoms with Crippen LogP contribution in [0.15, 0.2) is 35.4 Å². The van der Waals surface area contributed by atoms with E-state index in [-0.39, 0.29) is 16.8 Å². The van der Waals surface area contributed by atoms with Crippen molar-refractivity contribution in [3.63, 3.8) is 0 Å². The molecule has 1 aromatic carbocycles. The SMILES string of the molecule is O=C(O)Cn1ncn2nc(-c3cc(F)cc(F)c3)cc2c1=O. The van der Waals surface area contributed by atoms with Crippen molar-refractivity contribution in [1.82, 2.24) is 19.4 Å². The quantitative estimate of drug-likeness (QED) is 0.777. The van der Waals surface area contributed by atoms with Gasteiger partial charge in [-0.3, -0.25) is 9.59 Å². The minimum Gasteiger partial charge on any atom is -0.480 e. The Balaban J connectivity index is 2.15. The highest BCUT2D eigenvalue weighted by atomic mass is 19.1. The van der Waals surface area contributed by atoms with Crippen LogP contribution in [0.1, 0.15) is 0 Å².